The number of hydrogen-bond donors (Lipinski definition) is 1. The lowest BCUT2D eigenvalue weighted by atomic mass is 10.1. The molecule has 5 aromatic rings. The number of nitrogens with one attached hydrogen (secondary N) is 1. The zero-order valence-corrected chi connectivity index (χ0v) is 22.2. The second kappa shape index (κ2) is 13.1. The van der Waals surface area contributed by atoms with Crippen LogP contribution < -0.4 is 19.6 Å². The molecule has 6 nitrogen and oxygen atoms in total. The van der Waals surface area contributed by atoms with Crippen molar-refractivity contribution >= 4 is 22.9 Å². The first kappa shape index (κ1) is 26.5. The quantitative estimate of drug-likeness (QED) is 0.145. The third-order valence-electron chi connectivity index (χ3n) is 6.28. The number of ether oxygens (including phenoxy) is 3. The molecule has 40 heavy (non-hydrogen) atoms. The van der Waals surface area contributed by atoms with E-state index in [0.717, 1.165) is 22.1 Å². The molecule has 0 aromatic heterocycles. The van der Waals surface area contributed by atoms with Gasteiger partial charge in [0.25, 0.3) is 5.91 Å². The Morgan fingerprint density at radius 3 is 2.35 bits per heavy atom. The summed E-state index contributed by atoms with van der Waals surface area (Å²) in [5.74, 6) is 1.38. The van der Waals surface area contributed by atoms with Gasteiger partial charge in [0.2, 0.25) is 0 Å². The first-order chi connectivity index (χ1) is 19.7. The number of fused-ring (bicyclic) bond motifs is 1. The molecule has 0 radical (unpaired) electrons. The smallest absolute Gasteiger partial charge is 0.275 e. The molecule has 1 amide bonds. The number of benzene rings is 5. The van der Waals surface area contributed by atoms with E-state index in [2.05, 4.69) is 34.8 Å². The van der Waals surface area contributed by atoms with Crippen molar-refractivity contribution in [1.29, 1.82) is 0 Å². The maximum atomic E-state index is 12.9. The minimum absolute atomic E-state index is 0.361. The molecule has 0 aliphatic heterocycles. The fourth-order valence-corrected chi connectivity index (χ4v) is 4.31. The molecule has 1 N–H and O–H groups in total. The molecular weight excluding hydrogens is 500 g/mol. The second-order valence-corrected chi connectivity index (χ2v) is 9.04. The molecule has 0 fully saturated rings. The van der Waals surface area contributed by atoms with Crippen LogP contribution in [0.3, 0.4) is 0 Å². The highest BCUT2D eigenvalue weighted by atomic mass is 16.5. The van der Waals surface area contributed by atoms with Crippen molar-refractivity contribution in [3.8, 4) is 17.2 Å². The monoisotopic (exact) mass is 530 g/mol. The van der Waals surface area contributed by atoms with Crippen LogP contribution >= 0.6 is 0 Å². The van der Waals surface area contributed by atoms with Crippen LogP contribution in [0.4, 0.5) is 0 Å². The van der Waals surface area contributed by atoms with E-state index in [1.165, 1.54) is 5.39 Å². The number of rotatable bonds is 11. The summed E-state index contributed by atoms with van der Waals surface area (Å²) < 4.78 is 17.9. The topological polar surface area (TPSA) is 69.2 Å². The number of para-hydroxylation sites is 1. The average Bonchev–Trinajstić information content (AvgIpc) is 3.00. The first-order valence-corrected chi connectivity index (χ1v) is 13.2. The lowest BCUT2D eigenvalue weighted by Gasteiger charge is -2.14. The highest BCUT2D eigenvalue weighted by Crippen LogP contribution is 2.30. The summed E-state index contributed by atoms with van der Waals surface area (Å²) in [7, 11) is 0. The molecule has 0 saturated carbocycles. The van der Waals surface area contributed by atoms with Crippen LogP contribution in [0.1, 0.15) is 34.0 Å². The van der Waals surface area contributed by atoms with Crippen molar-refractivity contribution in [2.24, 2.45) is 5.10 Å². The molecule has 0 spiro atoms. The van der Waals surface area contributed by atoms with Crippen molar-refractivity contribution in [3.63, 3.8) is 0 Å². The third-order valence-corrected chi connectivity index (χ3v) is 6.28. The predicted octanol–water partition coefficient (Wildman–Crippen LogP) is 7.16. The van der Waals surface area contributed by atoms with Gasteiger partial charge < -0.3 is 14.2 Å². The molecule has 0 atom stereocenters. The highest BCUT2D eigenvalue weighted by molar-refractivity contribution is 5.97. The van der Waals surface area contributed by atoms with Crippen molar-refractivity contribution in [2.75, 3.05) is 6.61 Å². The van der Waals surface area contributed by atoms with Crippen LogP contribution in [-0.2, 0) is 13.2 Å². The Morgan fingerprint density at radius 1 is 0.725 bits per heavy atom. The van der Waals surface area contributed by atoms with Gasteiger partial charge in [-0.05, 0) is 64.7 Å². The Bertz CT molecular complexity index is 1610. The minimum Gasteiger partial charge on any atom is -0.490 e. The summed E-state index contributed by atoms with van der Waals surface area (Å²) in [5.41, 5.74) is 5.88. The molecule has 5 aromatic carbocycles. The Hall–Kier alpha value is -5.10. The molecule has 5 rings (SSSR count). The van der Waals surface area contributed by atoms with Gasteiger partial charge in [0.15, 0.2) is 11.5 Å². The standard InChI is InChI=1S/C34H30N2O4/c1-2-38-33-21-26(19-20-32(33)40-24-28-15-10-14-27-13-6-7-16-29(27)28)22-35-36-34(37)30-17-8-9-18-31(30)39-23-25-11-4-3-5-12-25/h3-22H,2,23-24H2,1H3,(H,36,37)/b35-22+. The molecule has 0 unspecified atom stereocenters. The van der Waals surface area contributed by atoms with E-state index in [9.17, 15) is 4.79 Å². The molecule has 0 heterocycles. The summed E-state index contributed by atoms with van der Waals surface area (Å²) >= 11 is 0. The van der Waals surface area contributed by atoms with Crippen molar-refractivity contribution in [1.82, 2.24) is 5.43 Å². The molecule has 200 valence electrons. The number of carbonyl (C=O) groups excluding carboxylic acids is 1. The number of amides is 1. The van der Waals surface area contributed by atoms with Crippen LogP contribution in [-0.4, -0.2) is 18.7 Å². The zero-order valence-electron chi connectivity index (χ0n) is 22.2. The van der Waals surface area contributed by atoms with Gasteiger partial charge in [-0.15, -0.1) is 0 Å². The zero-order chi connectivity index (χ0) is 27.6. The maximum Gasteiger partial charge on any atom is 0.275 e. The van der Waals surface area contributed by atoms with E-state index < -0.39 is 0 Å². The van der Waals surface area contributed by atoms with Crippen molar-refractivity contribution in [2.45, 2.75) is 20.1 Å². The first-order valence-electron chi connectivity index (χ1n) is 13.2. The molecule has 0 aliphatic carbocycles. The summed E-state index contributed by atoms with van der Waals surface area (Å²) in [6.07, 6.45) is 1.57. The van der Waals surface area contributed by atoms with E-state index in [1.54, 1.807) is 24.4 Å². The maximum absolute atomic E-state index is 12.9. The summed E-state index contributed by atoms with van der Waals surface area (Å²) in [5, 5.41) is 6.49. The molecule has 0 saturated heterocycles. The number of nitrogens with zero attached hydrogens (tertiary/aromatic N) is 1. The minimum atomic E-state index is -0.361. The van der Waals surface area contributed by atoms with Crippen LogP contribution in [0.2, 0.25) is 0 Å². The Morgan fingerprint density at radius 2 is 1.48 bits per heavy atom. The predicted molar refractivity (Wildman–Crippen MR) is 158 cm³/mol. The molecule has 0 aliphatic rings. The van der Waals surface area contributed by atoms with Gasteiger partial charge in [-0.2, -0.15) is 5.10 Å². The Labute approximate surface area is 233 Å². The third kappa shape index (κ3) is 6.66. The fourth-order valence-electron chi connectivity index (χ4n) is 4.31. The molecule has 6 heteroatoms. The van der Waals surface area contributed by atoms with Gasteiger partial charge in [-0.25, -0.2) is 5.43 Å². The van der Waals surface area contributed by atoms with E-state index in [-0.39, 0.29) is 5.91 Å². The SMILES string of the molecule is CCOc1cc(/C=N/NC(=O)c2ccccc2OCc2ccccc2)ccc1OCc1cccc2ccccc12. The van der Waals surface area contributed by atoms with Crippen LogP contribution in [0.25, 0.3) is 10.8 Å². The van der Waals surface area contributed by atoms with Gasteiger partial charge in [0.1, 0.15) is 19.0 Å². The van der Waals surface area contributed by atoms with Crippen LogP contribution in [0.5, 0.6) is 17.2 Å². The second-order valence-electron chi connectivity index (χ2n) is 9.04. The average molecular weight is 531 g/mol. The van der Waals surface area contributed by atoms with Crippen LogP contribution in [0, 0.1) is 0 Å². The summed E-state index contributed by atoms with van der Waals surface area (Å²) in [4.78, 5) is 12.9. The van der Waals surface area contributed by atoms with E-state index >= 15 is 0 Å². The van der Waals surface area contributed by atoms with Gasteiger partial charge in [-0.3, -0.25) is 4.79 Å². The number of hydrazone groups is 1. The lowest BCUT2D eigenvalue weighted by molar-refractivity contribution is 0.0950. The Balaban J connectivity index is 1.24. The van der Waals surface area contributed by atoms with E-state index in [0.29, 0.717) is 42.6 Å². The molecular formula is C34H30N2O4. The largest absolute Gasteiger partial charge is 0.490 e. The van der Waals surface area contributed by atoms with E-state index in [4.69, 9.17) is 14.2 Å². The fraction of sp³-hybridized carbons (Fsp3) is 0.118. The van der Waals surface area contributed by atoms with Gasteiger partial charge in [-0.1, -0.05) is 84.9 Å². The van der Waals surface area contributed by atoms with Crippen molar-refractivity contribution in [3.05, 3.63) is 138 Å². The van der Waals surface area contributed by atoms with Gasteiger partial charge in [0.05, 0.1) is 18.4 Å². The van der Waals surface area contributed by atoms with Crippen molar-refractivity contribution < 1.29 is 19.0 Å². The highest BCUT2D eigenvalue weighted by Gasteiger charge is 2.12. The lowest BCUT2D eigenvalue weighted by Crippen LogP contribution is -2.18. The van der Waals surface area contributed by atoms with Crippen LogP contribution in [0.15, 0.2) is 120 Å². The summed E-state index contributed by atoms with van der Waals surface area (Å²) in [6.45, 7) is 3.19. The summed E-state index contributed by atoms with van der Waals surface area (Å²) in [6, 6.07) is 36.9. The number of hydrogen-bond acceptors (Lipinski definition) is 5. The van der Waals surface area contributed by atoms with E-state index in [1.807, 2.05) is 79.7 Å². The molecule has 0 bridgehead atoms. The van der Waals surface area contributed by atoms with Gasteiger partial charge >= 0.3 is 0 Å². The number of carbonyl (C=O) groups is 1. The normalized spacial score (nSPS) is 10.9. The Kier molecular flexibility index (Phi) is 8.69. The van der Waals surface area contributed by atoms with Gasteiger partial charge in [0, 0.05) is 0 Å².